The van der Waals surface area contributed by atoms with E-state index in [1.807, 2.05) is 24.1 Å². The van der Waals surface area contributed by atoms with Gasteiger partial charge in [0.2, 0.25) is 11.9 Å². The number of hydrogen-bond acceptors (Lipinski definition) is 7. The molecule has 0 aliphatic heterocycles. The Morgan fingerprint density at radius 1 is 1.28 bits per heavy atom. The van der Waals surface area contributed by atoms with Crippen LogP contribution in [0.15, 0.2) is 48.7 Å². The highest BCUT2D eigenvalue weighted by Gasteiger charge is 2.15. The van der Waals surface area contributed by atoms with E-state index in [-0.39, 0.29) is 0 Å². The summed E-state index contributed by atoms with van der Waals surface area (Å²) in [5.41, 5.74) is 13.7. The number of rotatable bonds is 7. The minimum Gasteiger partial charge on any atom is -0.495 e. The van der Waals surface area contributed by atoms with E-state index in [1.165, 1.54) is 6.20 Å². The summed E-state index contributed by atoms with van der Waals surface area (Å²) in [6.45, 7) is 0.386. The average Bonchev–Trinajstić information content (AvgIpc) is 2.70. The third-order valence-corrected chi connectivity index (χ3v) is 4.51. The highest BCUT2D eigenvalue weighted by Crippen LogP contribution is 2.30. The maximum absolute atomic E-state index is 11.7. The van der Waals surface area contributed by atoms with Gasteiger partial charge in [-0.2, -0.15) is 4.98 Å². The van der Waals surface area contributed by atoms with Gasteiger partial charge < -0.3 is 26.4 Å². The predicted octanol–water partition coefficient (Wildman–Crippen LogP) is 3.20. The second kappa shape index (κ2) is 8.66. The number of anilines is 4. The van der Waals surface area contributed by atoms with Crippen molar-refractivity contribution in [3.8, 4) is 5.75 Å². The lowest BCUT2D eigenvalue weighted by Crippen LogP contribution is -2.22. The van der Waals surface area contributed by atoms with Crippen molar-refractivity contribution in [1.29, 1.82) is 0 Å². The number of halogens is 1. The molecule has 1 amide bonds. The van der Waals surface area contributed by atoms with Crippen molar-refractivity contribution in [3.05, 3.63) is 64.8 Å². The predicted molar refractivity (Wildman–Crippen MR) is 115 cm³/mol. The van der Waals surface area contributed by atoms with E-state index in [0.717, 1.165) is 5.56 Å². The summed E-state index contributed by atoms with van der Waals surface area (Å²) in [6.07, 6.45) is 1.50. The molecule has 0 aliphatic rings. The summed E-state index contributed by atoms with van der Waals surface area (Å²) in [7, 11) is 3.38. The van der Waals surface area contributed by atoms with Crippen molar-refractivity contribution in [2.75, 3.05) is 30.1 Å². The van der Waals surface area contributed by atoms with E-state index in [1.54, 1.807) is 37.4 Å². The minimum atomic E-state index is -0.487. The molecule has 0 saturated heterocycles. The van der Waals surface area contributed by atoms with Crippen molar-refractivity contribution in [1.82, 2.24) is 9.97 Å². The van der Waals surface area contributed by atoms with Crippen molar-refractivity contribution in [3.63, 3.8) is 0 Å². The molecular weight excluding hydrogens is 392 g/mol. The third-order valence-electron chi connectivity index (χ3n) is 4.25. The summed E-state index contributed by atoms with van der Waals surface area (Å²) in [6, 6.07) is 12.3. The van der Waals surface area contributed by atoms with E-state index >= 15 is 0 Å². The quantitative estimate of drug-likeness (QED) is 0.509. The second-order valence-electron chi connectivity index (χ2n) is 6.33. The number of carbonyl (C=O) groups excluding carboxylic acids is 1. The molecule has 0 atom stereocenters. The van der Waals surface area contributed by atoms with Crippen LogP contribution in [0.3, 0.4) is 0 Å². The number of benzene rings is 2. The standard InChI is InChI=1S/C20H21ClN6O2/c1-27(11-12-5-3-4-6-14(12)18(23)28)19-15(21)10-24-20(26-19)25-16-9-13(22)7-8-17(16)29-2/h3-10H,11,22H2,1-2H3,(H2,23,28)(H,24,25,26). The smallest absolute Gasteiger partial charge is 0.249 e. The first-order valence-corrected chi connectivity index (χ1v) is 9.08. The van der Waals surface area contributed by atoms with Crippen LogP contribution in [-0.2, 0) is 6.54 Å². The number of methoxy groups -OCH3 is 1. The molecular formula is C20H21ClN6O2. The molecule has 8 nitrogen and oxygen atoms in total. The number of nitrogen functional groups attached to an aromatic ring is 1. The molecule has 0 bridgehead atoms. The van der Waals surface area contributed by atoms with Gasteiger partial charge >= 0.3 is 0 Å². The molecule has 1 aromatic heterocycles. The molecule has 0 spiro atoms. The summed E-state index contributed by atoms with van der Waals surface area (Å²) in [4.78, 5) is 22.2. The monoisotopic (exact) mass is 412 g/mol. The van der Waals surface area contributed by atoms with Gasteiger partial charge in [-0.05, 0) is 29.8 Å². The van der Waals surface area contributed by atoms with Gasteiger partial charge in [-0.25, -0.2) is 4.98 Å². The highest BCUT2D eigenvalue weighted by molar-refractivity contribution is 6.32. The maximum atomic E-state index is 11.7. The fourth-order valence-corrected chi connectivity index (χ4v) is 3.09. The Morgan fingerprint density at radius 2 is 2.03 bits per heavy atom. The zero-order valence-electron chi connectivity index (χ0n) is 16.0. The molecule has 5 N–H and O–H groups in total. The van der Waals surface area contributed by atoms with Gasteiger partial charge in [-0.15, -0.1) is 0 Å². The van der Waals surface area contributed by atoms with Crippen LogP contribution in [0.4, 0.5) is 23.1 Å². The van der Waals surface area contributed by atoms with Gasteiger partial charge in [-0.1, -0.05) is 29.8 Å². The van der Waals surface area contributed by atoms with Gasteiger partial charge in [-0.3, -0.25) is 4.79 Å². The molecule has 0 fully saturated rings. The van der Waals surface area contributed by atoms with Crippen molar-refractivity contribution < 1.29 is 9.53 Å². The van der Waals surface area contributed by atoms with Crippen LogP contribution < -0.4 is 26.4 Å². The number of carbonyl (C=O) groups is 1. The first-order valence-electron chi connectivity index (χ1n) is 8.71. The summed E-state index contributed by atoms with van der Waals surface area (Å²) in [5, 5.41) is 3.46. The topological polar surface area (TPSA) is 119 Å². The molecule has 3 rings (SSSR count). The Labute approximate surface area is 173 Å². The lowest BCUT2D eigenvalue weighted by Gasteiger charge is -2.21. The van der Waals surface area contributed by atoms with Crippen molar-refractivity contribution in [2.24, 2.45) is 5.73 Å². The number of nitrogens with two attached hydrogens (primary N) is 2. The van der Waals surface area contributed by atoms with E-state index in [4.69, 9.17) is 27.8 Å². The van der Waals surface area contributed by atoms with Gasteiger partial charge in [0.15, 0.2) is 5.82 Å². The van der Waals surface area contributed by atoms with Crippen molar-refractivity contribution >= 4 is 40.6 Å². The van der Waals surface area contributed by atoms with Crippen LogP contribution >= 0.6 is 11.6 Å². The Bertz CT molecular complexity index is 1040. The first-order chi connectivity index (χ1) is 13.9. The van der Waals surface area contributed by atoms with Gasteiger partial charge in [0.25, 0.3) is 0 Å². The third kappa shape index (κ3) is 4.67. The molecule has 3 aromatic rings. The fraction of sp³-hybridized carbons (Fsp3) is 0.150. The SMILES string of the molecule is COc1ccc(N)cc1Nc1ncc(Cl)c(N(C)Cc2ccccc2C(N)=O)n1. The molecule has 1 heterocycles. The average molecular weight is 413 g/mol. The summed E-state index contributed by atoms with van der Waals surface area (Å²) in [5.74, 6) is 0.927. The van der Waals surface area contributed by atoms with Crippen LogP contribution in [0.25, 0.3) is 0 Å². The molecule has 150 valence electrons. The van der Waals surface area contributed by atoms with Crippen LogP contribution in [0.1, 0.15) is 15.9 Å². The maximum Gasteiger partial charge on any atom is 0.249 e. The molecule has 2 aromatic carbocycles. The molecule has 0 unspecified atom stereocenters. The normalized spacial score (nSPS) is 10.4. The Kier molecular flexibility index (Phi) is 6.04. The highest BCUT2D eigenvalue weighted by atomic mass is 35.5. The first kappa shape index (κ1) is 20.2. The zero-order valence-corrected chi connectivity index (χ0v) is 16.8. The van der Waals surface area contributed by atoms with Gasteiger partial charge in [0.1, 0.15) is 10.8 Å². The number of amides is 1. The Hall–Kier alpha value is -3.52. The van der Waals surface area contributed by atoms with Crippen LogP contribution in [0.5, 0.6) is 5.75 Å². The van der Waals surface area contributed by atoms with Gasteiger partial charge in [0.05, 0.1) is 19.0 Å². The van der Waals surface area contributed by atoms with E-state index in [9.17, 15) is 4.79 Å². The number of nitrogens with zero attached hydrogens (tertiary/aromatic N) is 3. The number of hydrogen-bond donors (Lipinski definition) is 3. The van der Waals surface area contributed by atoms with E-state index < -0.39 is 5.91 Å². The van der Waals surface area contributed by atoms with Crippen LogP contribution in [-0.4, -0.2) is 30.0 Å². The largest absolute Gasteiger partial charge is 0.495 e. The van der Waals surface area contributed by atoms with E-state index in [2.05, 4.69) is 15.3 Å². The molecule has 9 heteroatoms. The molecule has 29 heavy (non-hydrogen) atoms. The Balaban J connectivity index is 1.88. The summed E-state index contributed by atoms with van der Waals surface area (Å²) < 4.78 is 5.33. The number of aromatic nitrogens is 2. The molecule has 0 saturated carbocycles. The lowest BCUT2D eigenvalue weighted by molar-refractivity contribution is 0.0999. The zero-order chi connectivity index (χ0) is 21.0. The number of ether oxygens (including phenoxy) is 1. The number of nitrogens with one attached hydrogen (secondary N) is 1. The Morgan fingerprint density at radius 3 is 2.76 bits per heavy atom. The second-order valence-corrected chi connectivity index (χ2v) is 6.73. The van der Waals surface area contributed by atoms with Crippen molar-refractivity contribution in [2.45, 2.75) is 6.54 Å². The van der Waals surface area contributed by atoms with Gasteiger partial charge in [0, 0.05) is 24.8 Å². The minimum absolute atomic E-state index is 0.323. The van der Waals surface area contributed by atoms with E-state index in [0.29, 0.717) is 46.0 Å². The van der Waals surface area contributed by atoms with Crippen LogP contribution in [0.2, 0.25) is 5.02 Å². The van der Waals surface area contributed by atoms with Crippen LogP contribution in [0, 0.1) is 0 Å². The lowest BCUT2D eigenvalue weighted by atomic mass is 10.1. The summed E-state index contributed by atoms with van der Waals surface area (Å²) >= 11 is 6.32. The number of primary amides is 1. The molecule has 0 aliphatic carbocycles. The fourth-order valence-electron chi connectivity index (χ4n) is 2.86. The molecule has 0 radical (unpaired) electrons.